The number of hydrogen-bond acceptors (Lipinski definition) is 3. The molecule has 0 aromatic rings. The Morgan fingerprint density at radius 2 is 2.11 bits per heavy atom. The smallest absolute Gasteiger partial charge is 0.0672 e. The van der Waals surface area contributed by atoms with Gasteiger partial charge in [-0.05, 0) is 57.8 Å². The second kappa shape index (κ2) is 6.11. The molecule has 0 aromatic heterocycles. The lowest BCUT2D eigenvalue weighted by atomic mass is 9.75. The maximum absolute atomic E-state index is 6.12. The Hall–Kier alpha value is -0.120. The third-order valence-electron chi connectivity index (χ3n) is 5.04. The first-order chi connectivity index (χ1) is 9.34. The van der Waals surface area contributed by atoms with Crippen molar-refractivity contribution in [1.29, 1.82) is 0 Å². The summed E-state index contributed by atoms with van der Waals surface area (Å²) < 4.78 is 11.6. The van der Waals surface area contributed by atoms with Gasteiger partial charge in [-0.25, -0.2) is 0 Å². The molecule has 110 valence electrons. The highest BCUT2D eigenvalue weighted by Crippen LogP contribution is 2.50. The molecule has 0 amide bonds. The molecule has 3 fully saturated rings. The van der Waals surface area contributed by atoms with E-state index in [-0.39, 0.29) is 0 Å². The van der Waals surface area contributed by atoms with Gasteiger partial charge in [0.1, 0.15) is 0 Å². The molecular weight excluding hydrogens is 238 g/mol. The molecule has 2 saturated carbocycles. The van der Waals surface area contributed by atoms with Gasteiger partial charge in [0, 0.05) is 37.8 Å². The third-order valence-corrected chi connectivity index (χ3v) is 5.04. The maximum atomic E-state index is 6.12. The van der Waals surface area contributed by atoms with Gasteiger partial charge in [0.25, 0.3) is 0 Å². The zero-order valence-corrected chi connectivity index (χ0v) is 12.3. The Labute approximate surface area is 117 Å². The number of ether oxygens (including phenoxy) is 2. The summed E-state index contributed by atoms with van der Waals surface area (Å²) in [5.41, 5.74) is 0.404. The molecule has 0 radical (unpaired) electrons. The molecule has 0 bridgehead atoms. The summed E-state index contributed by atoms with van der Waals surface area (Å²) >= 11 is 0. The standard InChI is InChI=1S/C16H29NO2/c1-2-18-10-3-8-16(12-17-14-6-7-14)9-11-19-15(16)13-4-5-13/h13-15,17H,2-12H2,1H3. The quantitative estimate of drug-likeness (QED) is 0.652. The summed E-state index contributed by atoms with van der Waals surface area (Å²) in [4.78, 5) is 0. The van der Waals surface area contributed by atoms with Crippen LogP contribution in [0.1, 0.15) is 51.9 Å². The Balaban J connectivity index is 1.55. The first-order valence-corrected chi connectivity index (χ1v) is 8.27. The fourth-order valence-electron chi connectivity index (χ4n) is 3.59. The van der Waals surface area contributed by atoms with Crippen molar-refractivity contribution in [2.24, 2.45) is 11.3 Å². The minimum absolute atomic E-state index is 0.404. The van der Waals surface area contributed by atoms with Crippen molar-refractivity contribution in [3.05, 3.63) is 0 Å². The van der Waals surface area contributed by atoms with E-state index in [9.17, 15) is 0 Å². The fourth-order valence-corrected chi connectivity index (χ4v) is 3.59. The molecular formula is C16H29NO2. The molecule has 0 aromatic carbocycles. The summed E-state index contributed by atoms with van der Waals surface area (Å²) in [5, 5.41) is 3.77. The molecule has 19 heavy (non-hydrogen) atoms. The van der Waals surface area contributed by atoms with E-state index in [4.69, 9.17) is 9.47 Å². The minimum atomic E-state index is 0.404. The van der Waals surface area contributed by atoms with Crippen LogP contribution in [0.15, 0.2) is 0 Å². The average Bonchev–Trinajstić information content (AvgIpc) is 3.33. The van der Waals surface area contributed by atoms with Crippen LogP contribution in [-0.4, -0.2) is 38.5 Å². The zero-order chi connectivity index (χ0) is 13.1. The zero-order valence-electron chi connectivity index (χ0n) is 12.3. The predicted octanol–water partition coefficient (Wildman–Crippen LogP) is 2.74. The molecule has 1 saturated heterocycles. The molecule has 3 nitrogen and oxygen atoms in total. The van der Waals surface area contributed by atoms with E-state index < -0.39 is 0 Å². The van der Waals surface area contributed by atoms with Crippen molar-refractivity contribution in [3.63, 3.8) is 0 Å². The lowest BCUT2D eigenvalue weighted by molar-refractivity contribution is 0.0208. The van der Waals surface area contributed by atoms with E-state index in [0.717, 1.165) is 31.8 Å². The van der Waals surface area contributed by atoms with Crippen molar-refractivity contribution in [2.45, 2.75) is 64.0 Å². The van der Waals surface area contributed by atoms with Gasteiger partial charge in [0.2, 0.25) is 0 Å². The lowest BCUT2D eigenvalue weighted by Gasteiger charge is -2.35. The van der Waals surface area contributed by atoms with Crippen LogP contribution in [0, 0.1) is 11.3 Å². The Morgan fingerprint density at radius 3 is 2.79 bits per heavy atom. The van der Waals surface area contributed by atoms with Gasteiger partial charge >= 0.3 is 0 Å². The van der Waals surface area contributed by atoms with Gasteiger partial charge in [-0.15, -0.1) is 0 Å². The molecule has 0 spiro atoms. The highest BCUT2D eigenvalue weighted by molar-refractivity contribution is 5.01. The van der Waals surface area contributed by atoms with E-state index in [1.165, 1.54) is 51.5 Å². The van der Waals surface area contributed by atoms with Crippen molar-refractivity contribution >= 4 is 0 Å². The van der Waals surface area contributed by atoms with Gasteiger partial charge < -0.3 is 14.8 Å². The SMILES string of the molecule is CCOCCCC1(CNC2CC2)CCOC1C1CC1. The normalized spacial score (nSPS) is 34.9. The maximum Gasteiger partial charge on any atom is 0.0672 e. The largest absolute Gasteiger partial charge is 0.382 e. The third kappa shape index (κ3) is 3.50. The monoisotopic (exact) mass is 267 g/mol. The lowest BCUT2D eigenvalue weighted by Crippen LogP contribution is -2.42. The van der Waals surface area contributed by atoms with Gasteiger partial charge in [0.05, 0.1) is 6.10 Å². The van der Waals surface area contributed by atoms with E-state index in [2.05, 4.69) is 12.2 Å². The van der Waals surface area contributed by atoms with E-state index in [1.807, 2.05) is 0 Å². The van der Waals surface area contributed by atoms with Crippen LogP contribution in [0.5, 0.6) is 0 Å². The fraction of sp³-hybridized carbons (Fsp3) is 1.00. The van der Waals surface area contributed by atoms with Crippen molar-refractivity contribution in [1.82, 2.24) is 5.32 Å². The van der Waals surface area contributed by atoms with Crippen LogP contribution in [-0.2, 0) is 9.47 Å². The van der Waals surface area contributed by atoms with Gasteiger partial charge in [-0.3, -0.25) is 0 Å². The van der Waals surface area contributed by atoms with Gasteiger partial charge in [-0.2, -0.15) is 0 Å². The number of nitrogens with one attached hydrogen (secondary N) is 1. The first kappa shape index (κ1) is 13.8. The predicted molar refractivity (Wildman–Crippen MR) is 76.3 cm³/mol. The minimum Gasteiger partial charge on any atom is -0.382 e. The second-order valence-electron chi connectivity index (χ2n) is 6.70. The Bertz CT molecular complexity index is 288. The van der Waals surface area contributed by atoms with Gasteiger partial charge in [-0.1, -0.05) is 0 Å². The van der Waals surface area contributed by atoms with E-state index in [0.29, 0.717) is 11.5 Å². The summed E-state index contributed by atoms with van der Waals surface area (Å²) in [7, 11) is 0. The molecule has 3 rings (SSSR count). The molecule has 2 atom stereocenters. The second-order valence-corrected chi connectivity index (χ2v) is 6.70. The van der Waals surface area contributed by atoms with E-state index >= 15 is 0 Å². The highest BCUT2D eigenvalue weighted by atomic mass is 16.5. The van der Waals surface area contributed by atoms with Crippen LogP contribution >= 0.6 is 0 Å². The van der Waals surface area contributed by atoms with Crippen molar-refractivity contribution < 1.29 is 9.47 Å². The highest BCUT2D eigenvalue weighted by Gasteiger charge is 2.50. The first-order valence-electron chi connectivity index (χ1n) is 8.27. The molecule has 1 aliphatic heterocycles. The molecule has 1 N–H and O–H groups in total. The molecule has 2 unspecified atom stereocenters. The van der Waals surface area contributed by atoms with Crippen LogP contribution < -0.4 is 5.32 Å². The van der Waals surface area contributed by atoms with Crippen molar-refractivity contribution in [3.8, 4) is 0 Å². The topological polar surface area (TPSA) is 30.5 Å². The van der Waals surface area contributed by atoms with Crippen LogP contribution in [0.2, 0.25) is 0 Å². The Morgan fingerprint density at radius 1 is 1.26 bits per heavy atom. The summed E-state index contributed by atoms with van der Waals surface area (Å²) in [6.07, 6.45) is 9.78. The molecule has 1 heterocycles. The molecule has 2 aliphatic carbocycles. The van der Waals surface area contributed by atoms with E-state index in [1.54, 1.807) is 0 Å². The molecule has 3 heteroatoms. The number of hydrogen-bond donors (Lipinski definition) is 1. The van der Waals surface area contributed by atoms with Crippen LogP contribution in [0.3, 0.4) is 0 Å². The summed E-state index contributed by atoms with van der Waals surface area (Å²) in [5.74, 6) is 0.857. The van der Waals surface area contributed by atoms with Crippen molar-refractivity contribution in [2.75, 3.05) is 26.4 Å². The summed E-state index contributed by atoms with van der Waals surface area (Å²) in [6.45, 7) is 5.98. The van der Waals surface area contributed by atoms with Gasteiger partial charge in [0.15, 0.2) is 0 Å². The average molecular weight is 267 g/mol. The molecule has 3 aliphatic rings. The van der Waals surface area contributed by atoms with Crippen LogP contribution in [0.4, 0.5) is 0 Å². The summed E-state index contributed by atoms with van der Waals surface area (Å²) in [6, 6.07) is 0.809. The Kier molecular flexibility index (Phi) is 4.45. The van der Waals surface area contributed by atoms with Crippen LogP contribution in [0.25, 0.3) is 0 Å². The number of rotatable bonds is 9.